The lowest BCUT2D eigenvalue weighted by molar-refractivity contribution is 0.628. The number of hydrogen-bond donors (Lipinski definition) is 0. The van der Waals surface area contributed by atoms with Crippen LogP contribution in [0.3, 0.4) is 0 Å². The van der Waals surface area contributed by atoms with E-state index in [0.29, 0.717) is 5.92 Å². The summed E-state index contributed by atoms with van der Waals surface area (Å²) in [5.74, 6) is 3.35. The minimum Gasteiger partial charge on any atom is -0.120 e. The molecule has 0 N–H and O–H groups in total. The molecule has 0 saturated carbocycles. The summed E-state index contributed by atoms with van der Waals surface area (Å²) in [7, 11) is 0. The maximum Gasteiger partial charge on any atom is 0.0155 e. The molecule has 17 heavy (non-hydrogen) atoms. The summed E-state index contributed by atoms with van der Waals surface area (Å²) in [4.78, 5) is 0. The van der Waals surface area contributed by atoms with E-state index < -0.39 is 0 Å². The van der Waals surface area contributed by atoms with Crippen LogP contribution in [0, 0.1) is 12.3 Å². The maximum absolute atomic E-state index is 5.44. The molecule has 0 saturated heterocycles. The zero-order chi connectivity index (χ0) is 12.5. The Morgan fingerprint density at radius 2 is 1.82 bits per heavy atom. The van der Waals surface area contributed by atoms with Crippen molar-refractivity contribution in [1.82, 2.24) is 0 Å². The summed E-state index contributed by atoms with van der Waals surface area (Å²) in [5.41, 5.74) is 2.86. The van der Waals surface area contributed by atoms with Crippen LogP contribution in [-0.2, 0) is 6.42 Å². The van der Waals surface area contributed by atoms with Crippen LogP contribution >= 0.6 is 0 Å². The maximum atomic E-state index is 5.44. The molecule has 0 aliphatic rings. The molecule has 1 rings (SSSR count). The van der Waals surface area contributed by atoms with E-state index in [1.165, 1.54) is 43.2 Å². The third kappa shape index (κ3) is 4.65. The average Bonchev–Trinajstić information content (AvgIpc) is 2.37. The van der Waals surface area contributed by atoms with Crippen LogP contribution in [0.2, 0.25) is 0 Å². The van der Waals surface area contributed by atoms with E-state index >= 15 is 0 Å². The third-order valence-electron chi connectivity index (χ3n) is 3.27. The monoisotopic (exact) mass is 228 g/mol. The molecule has 1 aromatic rings. The first kappa shape index (κ1) is 13.8. The number of aryl methyl sites for hydroxylation is 1. The van der Waals surface area contributed by atoms with Crippen molar-refractivity contribution in [3.63, 3.8) is 0 Å². The predicted molar refractivity (Wildman–Crippen MR) is 76.2 cm³/mol. The second-order valence-electron chi connectivity index (χ2n) is 4.74. The Morgan fingerprint density at radius 3 is 2.35 bits per heavy atom. The zero-order valence-electron chi connectivity index (χ0n) is 11.2. The molecular weight excluding hydrogens is 204 g/mol. The molecule has 0 radical (unpaired) electrons. The van der Waals surface area contributed by atoms with Gasteiger partial charge in [0.05, 0.1) is 0 Å². The van der Waals surface area contributed by atoms with Crippen molar-refractivity contribution in [2.45, 2.75) is 58.3 Å². The van der Waals surface area contributed by atoms with Gasteiger partial charge in [0.1, 0.15) is 0 Å². The summed E-state index contributed by atoms with van der Waals surface area (Å²) in [5, 5.41) is 0. The molecule has 0 bridgehead atoms. The van der Waals surface area contributed by atoms with E-state index in [2.05, 4.69) is 44.0 Å². The van der Waals surface area contributed by atoms with Crippen molar-refractivity contribution in [3.05, 3.63) is 35.4 Å². The van der Waals surface area contributed by atoms with Gasteiger partial charge in [0.15, 0.2) is 0 Å². The Bertz CT molecular complexity index is 339. The first-order valence-electron chi connectivity index (χ1n) is 6.84. The normalized spacial score (nSPS) is 12.1. The summed E-state index contributed by atoms with van der Waals surface area (Å²) in [6.45, 7) is 4.46. The van der Waals surface area contributed by atoms with Gasteiger partial charge >= 0.3 is 0 Å². The summed E-state index contributed by atoms with van der Waals surface area (Å²) >= 11 is 0. The Balaban J connectivity index is 2.67. The van der Waals surface area contributed by atoms with Gasteiger partial charge in [-0.15, -0.1) is 12.3 Å². The molecule has 0 heteroatoms. The highest BCUT2D eigenvalue weighted by atomic mass is 14.1. The van der Waals surface area contributed by atoms with Crippen LogP contribution in [-0.4, -0.2) is 0 Å². The van der Waals surface area contributed by atoms with Crippen LogP contribution in [0.15, 0.2) is 24.3 Å². The predicted octanol–water partition coefficient (Wildman–Crippen LogP) is 4.94. The minimum atomic E-state index is 0.547. The van der Waals surface area contributed by atoms with E-state index in [-0.39, 0.29) is 0 Å². The van der Waals surface area contributed by atoms with Crippen molar-refractivity contribution < 1.29 is 0 Å². The van der Waals surface area contributed by atoms with Gasteiger partial charge in [0.2, 0.25) is 0 Å². The van der Waals surface area contributed by atoms with Crippen LogP contribution in [0.25, 0.3) is 0 Å². The minimum absolute atomic E-state index is 0.547. The molecule has 92 valence electrons. The number of hydrogen-bond acceptors (Lipinski definition) is 0. The molecule has 0 fully saturated rings. The fourth-order valence-electron chi connectivity index (χ4n) is 2.21. The lowest BCUT2D eigenvalue weighted by Gasteiger charge is -2.14. The van der Waals surface area contributed by atoms with E-state index in [9.17, 15) is 0 Å². The topological polar surface area (TPSA) is 0 Å². The lowest BCUT2D eigenvalue weighted by atomic mass is 9.91. The van der Waals surface area contributed by atoms with E-state index in [1.807, 2.05) is 0 Å². The highest BCUT2D eigenvalue weighted by Crippen LogP contribution is 2.25. The lowest BCUT2D eigenvalue weighted by Crippen LogP contribution is -1.98. The quantitative estimate of drug-likeness (QED) is 0.580. The first-order valence-corrected chi connectivity index (χ1v) is 6.84. The van der Waals surface area contributed by atoms with E-state index in [0.717, 1.165) is 6.42 Å². The highest BCUT2D eigenvalue weighted by Gasteiger charge is 2.08. The van der Waals surface area contributed by atoms with Crippen LogP contribution in [0.5, 0.6) is 0 Å². The summed E-state index contributed by atoms with van der Waals surface area (Å²) < 4.78 is 0. The smallest absolute Gasteiger partial charge is 0.0155 e. The summed E-state index contributed by atoms with van der Waals surface area (Å²) in [6.07, 6.45) is 12.4. The molecule has 1 unspecified atom stereocenters. The molecule has 1 aromatic carbocycles. The summed E-state index contributed by atoms with van der Waals surface area (Å²) in [6, 6.07) is 9.07. The van der Waals surface area contributed by atoms with Crippen LogP contribution in [0.4, 0.5) is 0 Å². The molecule has 0 amide bonds. The van der Waals surface area contributed by atoms with Crippen molar-refractivity contribution in [3.8, 4) is 12.3 Å². The molecular formula is C17H24. The number of rotatable bonds is 7. The Hall–Kier alpha value is -1.22. The van der Waals surface area contributed by atoms with Crippen molar-refractivity contribution in [2.24, 2.45) is 0 Å². The van der Waals surface area contributed by atoms with Crippen LogP contribution < -0.4 is 0 Å². The van der Waals surface area contributed by atoms with Gasteiger partial charge in [0, 0.05) is 6.42 Å². The Morgan fingerprint density at radius 1 is 1.12 bits per heavy atom. The van der Waals surface area contributed by atoms with Crippen LogP contribution in [0.1, 0.15) is 63.0 Å². The zero-order valence-corrected chi connectivity index (χ0v) is 11.2. The van der Waals surface area contributed by atoms with Gasteiger partial charge in [-0.2, -0.15) is 0 Å². The van der Waals surface area contributed by atoms with E-state index in [4.69, 9.17) is 6.42 Å². The molecule has 0 spiro atoms. The molecule has 1 atom stereocenters. The van der Waals surface area contributed by atoms with Gasteiger partial charge in [-0.25, -0.2) is 0 Å². The molecule has 0 aliphatic carbocycles. The Labute approximate surface area is 106 Å². The van der Waals surface area contributed by atoms with Gasteiger partial charge in [0.25, 0.3) is 0 Å². The van der Waals surface area contributed by atoms with Gasteiger partial charge in [-0.05, 0) is 36.3 Å². The first-order chi connectivity index (χ1) is 8.31. The highest BCUT2D eigenvalue weighted by molar-refractivity contribution is 5.26. The van der Waals surface area contributed by atoms with Gasteiger partial charge in [-0.1, -0.05) is 51.0 Å². The van der Waals surface area contributed by atoms with Crippen molar-refractivity contribution in [2.75, 3.05) is 0 Å². The SMILES string of the molecule is C#CCC(CCC)c1ccc(CCCC)cc1. The molecule has 0 nitrogen and oxygen atoms in total. The average molecular weight is 228 g/mol. The molecule has 0 aliphatic heterocycles. The largest absolute Gasteiger partial charge is 0.120 e. The number of unbranched alkanes of at least 4 members (excludes halogenated alkanes) is 1. The fourth-order valence-corrected chi connectivity index (χ4v) is 2.21. The standard InChI is InChI=1S/C17H24/c1-4-7-10-15-11-13-17(14-12-15)16(8-5-2)9-6-3/h2,11-14,16H,4,6-10H2,1,3H3. The van der Waals surface area contributed by atoms with E-state index in [1.54, 1.807) is 0 Å². The fraction of sp³-hybridized carbons (Fsp3) is 0.529. The second kappa shape index (κ2) is 7.96. The Kier molecular flexibility index (Phi) is 6.48. The van der Waals surface area contributed by atoms with Gasteiger partial charge < -0.3 is 0 Å². The molecule has 0 aromatic heterocycles. The number of benzene rings is 1. The molecule has 0 heterocycles. The van der Waals surface area contributed by atoms with Crippen molar-refractivity contribution in [1.29, 1.82) is 0 Å². The van der Waals surface area contributed by atoms with Crippen molar-refractivity contribution >= 4 is 0 Å². The number of terminal acetylenes is 1. The van der Waals surface area contributed by atoms with Gasteiger partial charge in [-0.3, -0.25) is 0 Å². The third-order valence-corrected chi connectivity index (χ3v) is 3.27. The second-order valence-corrected chi connectivity index (χ2v) is 4.74.